The van der Waals surface area contributed by atoms with E-state index in [0.29, 0.717) is 6.42 Å². The number of anilines is 1. The molecule has 0 aromatic heterocycles. The number of carbonyl (C=O) groups excluding carboxylic acids is 1. The SMILES string of the molecule is CCc1ccc(CCC(=O)Nc2cc(C(=O)O)cc(S(C)(=O)=O)c2)cc1. The molecular formula is C19H21NO5S. The van der Waals surface area contributed by atoms with Crippen LogP contribution in [0, 0.1) is 0 Å². The Kier molecular flexibility index (Phi) is 6.15. The predicted octanol–water partition coefficient (Wildman–Crippen LogP) is 2.92. The molecule has 6 nitrogen and oxygen atoms in total. The van der Waals surface area contributed by atoms with E-state index in [1.165, 1.54) is 17.7 Å². The molecular weight excluding hydrogens is 354 g/mol. The quantitative estimate of drug-likeness (QED) is 0.775. The van der Waals surface area contributed by atoms with Crippen LogP contribution in [0.3, 0.4) is 0 Å². The summed E-state index contributed by atoms with van der Waals surface area (Å²) in [5.41, 5.74) is 2.19. The number of nitrogens with one attached hydrogen (secondary N) is 1. The zero-order chi connectivity index (χ0) is 19.3. The van der Waals surface area contributed by atoms with Crippen molar-refractivity contribution >= 4 is 27.4 Å². The summed E-state index contributed by atoms with van der Waals surface area (Å²) < 4.78 is 23.4. The lowest BCUT2D eigenvalue weighted by atomic mass is 10.1. The third kappa shape index (κ3) is 5.42. The van der Waals surface area contributed by atoms with Gasteiger partial charge in [0.2, 0.25) is 5.91 Å². The van der Waals surface area contributed by atoms with Gasteiger partial charge in [0.05, 0.1) is 10.5 Å². The van der Waals surface area contributed by atoms with Crippen molar-refractivity contribution in [2.45, 2.75) is 31.1 Å². The van der Waals surface area contributed by atoms with E-state index < -0.39 is 15.8 Å². The third-order valence-electron chi connectivity index (χ3n) is 3.94. The number of aromatic carboxylic acids is 1. The van der Waals surface area contributed by atoms with Gasteiger partial charge >= 0.3 is 5.97 Å². The van der Waals surface area contributed by atoms with E-state index in [2.05, 4.69) is 12.2 Å². The highest BCUT2D eigenvalue weighted by Crippen LogP contribution is 2.20. The highest BCUT2D eigenvalue weighted by atomic mass is 32.2. The van der Waals surface area contributed by atoms with Crippen LogP contribution in [-0.2, 0) is 27.5 Å². The van der Waals surface area contributed by atoms with Gasteiger partial charge in [0, 0.05) is 18.4 Å². The molecule has 2 rings (SSSR count). The molecule has 0 aliphatic carbocycles. The monoisotopic (exact) mass is 375 g/mol. The summed E-state index contributed by atoms with van der Waals surface area (Å²) in [5.74, 6) is -1.58. The van der Waals surface area contributed by atoms with Crippen LogP contribution in [0.15, 0.2) is 47.4 Å². The summed E-state index contributed by atoms with van der Waals surface area (Å²) in [6, 6.07) is 11.5. The summed E-state index contributed by atoms with van der Waals surface area (Å²) in [6.07, 6.45) is 2.67. The van der Waals surface area contributed by atoms with Gasteiger partial charge in [-0.05, 0) is 42.2 Å². The largest absolute Gasteiger partial charge is 0.478 e. The van der Waals surface area contributed by atoms with Crippen LogP contribution in [-0.4, -0.2) is 31.7 Å². The van der Waals surface area contributed by atoms with Crippen molar-refractivity contribution in [2.75, 3.05) is 11.6 Å². The molecule has 2 N–H and O–H groups in total. The van der Waals surface area contributed by atoms with Crippen molar-refractivity contribution in [3.05, 3.63) is 59.2 Å². The molecule has 0 bridgehead atoms. The van der Waals surface area contributed by atoms with Crippen molar-refractivity contribution < 1.29 is 23.1 Å². The Morgan fingerprint density at radius 3 is 2.19 bits per heavy atom. The van der Waals surface area contributed by atoms with Crippen LogP contribution in [0.25, 0.3) is 0 Å². The zero-order valence-electron chi connectivity index (χ0n) is 14.7. The van der Waals surface area contributed by atoms with Crippen LogP contribution in [0.2, 0.25) is 0 Å². The van der Waals surface area contributed by atoms with E-state index in [0.717, 1.165) is 24.3 Å². The van der Waals surface area contributed by atoms with Gasteiger partial charge in [0.15, 0.2) is 9.84 Å². The fourth-order valence-electron chi connectivity index (χ4n) is 2.43. The predicted molar refractivity (Wildman–Crippen MR) is 99.3 cm³/mol. The smallest absolute Gasteiger partial charge is 0.335 e. The number of amides is 1. The first-order valence-corrected chi connectivity index (χ1v) is 10.0. The van der Waals surface area contributed by atoms with Gasteiger partial charge in [-0.3, -0.25) is 4.79 Å². The van der Waals surface area contributed by atoms with Crippen molar-refractivity contribution in [3.8, 4) is 0 Å². The normalized spacial score (nSPS) is 11.2. The minimum absolute atomic E-state index is 0.150. The summed E-state index contributed by atoms with van der Waals surface area (Å²) in [6.45, 7) is 2.07. The molecule has 2 aromatic carbocycles. The highest BCUT2D eigenvalue weighted by molar-refractivity contribution is 7.90. The maximum Gasteiger partial charge on any atom is 0.335 e. The summed E-state index contributed by atoms with van der Waals surface area (Å²) in [7, 11) is -3.59. The molecule has 1 amide bonds. The third-order valence-corrected chi connectivity index (χ3v) is 5.03. The summed E-state index contributed by atoms with van der Waals surface area (Å²) in [4.78, 5) is 23.2. The van der Waals surface area contributed by atoms with E-state index in [-0.39, 0.29) is 28.5 Å². The number of carboxylic acids is 1. The Morgan fingerprint density at radius 1 is 1.04 bits per heavy atom. The van der Waals surface area contributed by atoms with E-state index >= 15 is 0 Å². The molecule has 0 unspecified atom stereocenters. The van der Waals surface area contributed by atoms with Crippen LogP contribution in [0.4, 0.5) is 5.69 Å². The van der Waals surface area contributed by atoms with Gasteiger partial charge < -0.3 is 10.4 Å². The highest BCUT2D eigenvalue weighted by Gasteiger charge is 2.15. The van der Waals surface area contributed by atoms with Gasteiger partial charge in [-0.1, -0.05) is 31.2 Å². The van der Waals surface area contributed by atoms with Gasteiger partial charge in [0.25, 0.3) is 0 Å². The molecule has 0 saturated carbocycles. The second-order valence-electron chi connectivity index (χ2n) is 6.04. The maximum atomic E-state index is 12.1. The fraction of sp³-hybridized carbons (Fsp3) is 0.263. The van der Waals surface area contributed by atoms with Crippen molar-refractivity contribution in [1.82, 2.24) is 0 Å². The fourth-order valence-corrected chi connectivity index (χ4v) is 3.11. The first kappa shape index (κ1) is 19.7. The van der Waals surface area contributed by atoms with Crippen molar-refractivity contribution in [2.24, 2.45) is 0 Å². The molecule has 26 heavy (non-hydrogen) atoms. The summed E-state index contributed by atoms with van der Waals surface area (Å²) in [5, 5.41) is 11.7. The van der Waals surface area contributed by atoms with Crippen LogP contribution < -0.4 is 5.32 Å². The lowest BCUT2D eigenvalue weighted by Gasteiger charge is -2.09. The van der Waals surface area contributed by atoms with Crippen LogP contribution in [0.5, 0.6) is 0 Å². The number of hydrogen-bond acceptors (Lipinski definition) is 4. The number of sulfone groups is 1. The van der Waals surface area contributed by atoms with Gasteiger partial charge in [-0.15, -0.1) is 0 Å². The Balaban J connectivity index is 2.09. The first-order chi connectivity index (χ1) is 12.2. The van der Waals surface area contributed by atoms with E-state index in [4.69, 9.17) is 5.11 Å². The van der Waals surface area contributed by atoms with E-state index in [1.807, 2.05) is 24.3 Å². The van der Waals surface area contributed by atoms with Gasteiger partial charge in [-0.2, -0.15) is 0 Å². The second kappa shape index (κ2) is 8.14. The van der Waals surface area contributed by atoms with E-state index in [1.54, 1.807) is 0 Å². The number of carboxylic acid groups (broad SMARTS) is 1. The molecule has 0 atom stereocenters. The lowest BCUT2D eigenvalue weighted by molar-refractivity contribution is -0.116. The lowest BCUT2D eigenvalue weighted by Crippen LogP contribution is -2.14. The number of aryl methyl sites for hydroxylation is 2. The average molecular weight is 375 g/mol. The van der Waals surface area contributed by atoms with Gasteiger partial charge in [0.1, 0.15) is 0 Å². The van der Waals surface area contributed by atoms with Crippen LogP contribution >= 0.6 is 0 Å². The molecule has 0 radical (unpaired) electrons. The minimum atomic E-state index is -3.59. The molecule has 0 aliphatic heterocycles. The topological polar surface area (TPSA) is 101 Å². The Morgan fingerprint density at radius 2 is 1.65 bits per heavy atom. The molecule has 0 saturated heterocycles. The van der Waals surface area contributed by atoms with Crippen molar-refractivity contribution in [1.29, 1.82) is 0 Å². The number of rotatable bonds is 7. The van der Waals surface area contributed by atoms with Gasteiger partial charge in [-0.25, -0.2) is 13.2 Å². The molecule has 138 valence electrons. The van der Waals surface area contributed by atoms with Crippen molar-refractivity contribution in [3.63, 3.8) is 0 Å². The second-order valence-corrected chi connectivity index (χ2v) is 8.06. The van der Waals surface area contributed by atoms with E-state index in [9.17, 15) is 18.0 Å². The standard InChI is InChI=1S/C19H21NO5S/c1-3-13-4-6-14(7-5-13)8-9-18(21)20-16-10-15(19(22)23)11-17(12-16)26(2,24)25/h4-7,10-12H,3,8-9H2,1-2H3,(H,20,21)(H,22,23). The molecule has 2 aromatic rings. The average Bonchev–Trinajstić information content (AvgIpc) is 2.59. The minimum Gasteiger partial charge on any atom is -0.478 e. The molecule has 0 aliphatic rings. The Hall–Kier alpha value is -2.67. The molecule has 0 heterocycles. The maximum absolute atomic E-state index is 12.1. The molecule has 0 fully saturated rings. The summed E-state index contributed by atoms with van der Waals surface area (Å²) >= 11 is 0. The Labute approximate surface area is 152 Å². The Bertz CT molecular complexity index is 917. The van der Waals surface area contributed by atoms with Crippen LogP contribution in [0.1, 0.15) is 34.8 Å². The number of hydrogen-bond donors (Lipinski definition) is 2. The molecule has 0 spiro atoms. The first-order valence-electron chi connectivity index (χ1n) is 8.15. The zero-order valence-corrected chi connectivity index (χ0v) is 15.5. The number of carbonyl (C=O) groups is 2. The molecule has 7 heteroatoms. The number of benzene rings is 2.